The molecular formula is C11H18N2O3S. The van der Waals surface area contributed by atoms with Gasteiger partial charge in [-0.1, -0.05) is 0 Å². The molecule has 96 valence electrons. The first-order chi connectivity index (χ1) is 7.96. The Labute approximate surface area is 105 Å². The Bertz CT molecular complexity index is 377. The van der Waals surface area contributed by atoms with Crippen LogP contribution < -0.4 is 5.32 Å². The zero-order valence-electron chi connectivity index (χ0n) is 10.6. The molecule has 1 N–H and O–H groups in total. The van der Waals surface area contributed by atoms with E-state index in [1.165, 1.54) is 18.4 Å². The molecule has 0 saturated heterocycles. The first-order valence-electron chi connectivity index (χ1n) is 5.25. The van der Waals surface area contributed by atoms with Gasteiger partial charge in [0.15, 0.2) is 5.13 Å². The van der Waals surface area contributed by atoms with E-state index in [-0.39, 0.29) is 17.9 Å². The fourth-order valence-electron chi connectivity index (χ4n) is 1.35. The monoisotopic (exact) mass is 258 g/mol. The van der Waals surface area contributed by atoms with Crippen LogP contribution >= 0.6 is 11.3 Å². The number of carbonyl (C=O) groups excluding carboxylic acids is 1. The summed E-state index contributed by atoms with van der Waals surface area (Å²) in [5.74, 6) is -0.280. The standard InChI is InChI=1S/C11H18N2O3S/c1-11(2,7-15-3)13-10-12-8(6-17-10)5-9(14)16-4/h6H,5,7H2,1-4H3,(H,12,13). The molecule has 1 heterocycles. The Morgan fingerprint density at radius 3 is 2.82 bits per heavy atom. The van der Waals surface area contributed by atoms with Gasteiger partial charge in [0.2, 0.25) is 0 Å². The summed E-state index contributed by atoms with van der Waals surface area (Å²) in [4.78, 5) is 15.4. The van der Waals surface area contributed by atoms with E-state index in [0.717, 1.165) is 10.8 Å². The average Bonchev–Trinajstić information content (AvgIpc) is 2.64. The zero-order valence-corrected chi connectivity index (χ0v) is 11.4. The van der Waals surface area contributed by atoms with Crippen LogP contribution in [0.15, 0.2) is 5.38 Å². The van der Waals surface area contributed by atoms with Gasteiger partial charge in [-0.2, -0.15) is 0 Å². The van der Waals surface area contributed by atoms with Crippen molar-refractivity contribution in [3.63, 3.8) is 0 Å². The largest absolute Gasteiger partial charge is 0.469 e. The maximum absolute atomic E-state index is 11.1. The number of thiazole rings is 1. The molecule has 0 fully saturated rings. The van der Waals surface area contributed by atoms with Crippen molar-refractivity contribution < 1.29 is 14.3 Å². The maximum atomic E-state index is 11.1. The summed E-state index contributed by atoms with van der Waals surface area (Å²) < 4.78 is 9.70. The van der Waals surface area contributed by atoms with Crippen molar-refractivity contribution in [1.82, 2.24) is 4.98 Å². The van der Waals surface area contributed by atoms with E-state index in [1.807, 2.05) is 19.2 Å². The van der Waals surface area contributed by atoms with E-state index in [0.29, 0.717) is 6.61 Å². The third-order valence-corrected chi connectivity index (χ3v) is 2.86. The first-order valence-corrected chi connectivity index (χ1v) is 6.13. The van der Waals surface area contributed by atoms with Crippen molar-refractivity contribution in [2.24, 2.45) is 0 Å². The van der Waals surface area contributed by atoms with Gasteiger partial charge >= 0.3 is 5.97 Å². The second kappa shape index (κ2) is 5.97. The molecule has 0 atom stereocenters. The van der Waals surface area contributed by atoms with Crippen LogP contribution in [-0.2, 0) is 20.7 Å². The van der Waals surface area contributed by atoms with Crippen LogP contribution in [0.3, 0.4) is 0 Å². The van der Waals surface area contributed by atoms with E-state index in [4.69, 9.17) is 4.74 Å². The van der Waals surface area contributed by atoms with Crippen LogP contribution in [0.5, 0.6) is 0 Å². The molecule has 1 aromatic heterocycles. The second-order valence-corrected chi connectivity index (χ2v) is 5.20. The van der Waals surface area contributed by atoms with E-state index in [2.05, 4.69) is 15.0 Å². The van der Waals surface area contributed by atoms with Gasteiger partial charge in [0.05, 0.1) is 31.4 Å². The van der Waals surface area contributed by atoms with Gasteiger partial charge in [0, 0.05) is 12.5 Å². The highest BCUT2D eigenvalue weighted by atomic mass is 32.1. The molecule has 1 rings (SSSR count). The summed E-state index contributed by atoms with van der Waals surface area (Å²) in [6.07, 6.45) is 0.208. The molecule has 0 spiro atoms. The summed E-state index contributed by atoms with van der Waals surface area (Å²) >= 11 is 1.47. The highest BCUT2D eigenvalue weighted by Gasteiger charge is 2.19. The van der Waals surface area contributed by atoms with Crippen molar-refractivity contribution in [3.8, 4) is 0 Å². The number of hydrogen-bond donors (Lipinski definition) is 1. The molecule has 0 aliphatic heterocycles. The Balaban J connectivity index is 2.59. The molecule has 0 aliphatic rings. The number of carbonyl (C=O) groups is 1. The minimum Gasteiger partial charge on any atom is -0.469 e. The topological polar surface area (TPSA) is 60.5 Å². The number of esters is 1. The lowest BCUT2D eigenvalue weighted by Gasteiger charge is -2.24. The highest BCUT2D eigenvalue weighted by Crippen LogP contribution is 2.20. The van der Waals surface area contributed by atoms with Gasteiger partial charge in [0.25, 0.3) is 0 Å². The smallest absolute Gasteiger partial charge is 0.311 e. The maximum Gasteiger partial charge on any atom is 0.311 e. The molecule has 0 bridgehead atoms. The van der Waals surface area contributed by atoms with E-state index < -0.39 is 0 Å². The summed E-state index contributed by atoms with van der Waals surface area (Å²) in [6, 6.07) is 0. The molecule has 0 unspecified atom stereocenters. The molecule has 6 heteroatoms. The predicted octanol–water partition coefficient (Wildman–Crippen LogP) is 1.70. The average molecular weight is 258 g/mol. The summed E-state index contributed by atoms with van der Waals surface area (Å²) in [7, 11) is 3.03. The van der Waals surface area contributed by atoms with E-state index in [9.17, 15) is 4.79 Å². The molecule has 0 amide bonds. The zero-order chi connectivity index (χ0) is 12.9. The number of anilines is 1. The third kappa shape index (κ3) is 4.70. The van der Waals surface area contributed by atoms with Crippen molar-refractivity contribution in [2.75, 3.05) is 26.1 Å². The molecule has 0 saturated carbocycles. The van der Waals surface area contributed by atoms with Crippen molar-refractivity contribution >= 4 is 22.4 Å². The van der Waals surface area contributed by atoms with Crippen molar-refractivity contribution in [1.29, 1.82) is 0 Å². The quantitative estimate of drug-likeness (QED) is 0.787. The van der Waals surface area contributed by atoms with Gasteiger partial charge < -0.3 is 14.8 Å². The Morgan fingerprint density at radius 1 is 1.53 bits per heavy atom. The van der Waals surface area contributed by atoms with E-state index >= 15 is 0 Å². The Morgan fingerprint density at radius 2 is 2.24 bits per heavy atom. The van der Waals surface area contributed by atoms with Crippen LogP contribution in [0.25, 0.3) is 0 Å². The predicted molar refractivity (Wildman–Crippen MR) is 67.4 cm³/mol. The van der Waals surface area contributed by atoms with Crippen LogP contribution in [0.2, 0.25) is 0 Å². The molecule has 0 radical (unpaired) electrons. The van der Waals surface area contributed by atoms with Crippen LogP contribution in [0.1, 0.15) is 19.5 Å². The van der Waals surface area contributed by atoms with Gasteiger partial charge in [-0.25, -0.2) is 4.98 Å². The summed E-state index contributed by atoms with van der Waals surface area (Å²) in [5, 5.41) is 5.89. The van der Waals surface area contributed by atoms with Crippen LogP contribution in [0, 0.1) is 0 Å². The van der Waals surface area contributed by atoms with Gasteiger partial charge in [0.1, 0.15) is 0 Å². The number of nitrogens with one attached hydrogen (secondary N) is 1. The summed E-state index contributed by atoms with van der Waals surface area (Å²) in [5.41, 5.74) is 0.535. The highest BCUT2D eigenvalue weighted by molar-refractivity contribution is 7.13. The molecule has 0 aliphatic carbocycles. The molecular weight excluding hydrogens is 240 g/mol. The second-order valence-electron chi connectivity index (χ2n) is 4.34. The fourth-order valence-corrected chi connectivity index (χ4v) is 2.24. The lowest BCUT2D eigenvalue weighted by atomic mass is 10.1. The number of aromatic nitrogens is 1. The Kier molecular flexibility index (Phi) is 4.89. The molecule has 5 nitrogen and oxygen atoms in total. The lowest BCUT2D eigenvalue weighted by Crippen LogP contribution is -2.35. The van der Waals surface area contributed by atoms with Crippen molar-refractivity contribution in [3.05, 3.63) is 11.1 Å². The number of methoxy groups -OCH3 is 2. The lowest BCUT2D eigenvalue weighted by molar-refractivity contribution is -0.139. The minimum absolute atomic E-state index is 0.185. The van der Waals surface area contributed by atoms with Crippen molar-refractivity contribution in [2.45, 2.75) is 25.8 Å². The molecule has 17 heavy (non-hydrogen) atoms. The van der Waals surface area contributed by atoms with Gasteiger partial charge in [-0.15, -0.1) is 11.3 Å². The molecule has 0 aromatic carbocycles. The van der Waals surface area contributed by atoms with Crippen LogP contribution in [0.4, 0.5) is 5.13 Å². The fraction of sp³-hybridized carbons (Fsp3) is 0.636. The SMILES string of the molecule is COCC(C)(C)Nc1nc(CC(=O)OC)cs1. The molecule has 1 aromatic rings. The number of ether oxygens (including phenoxy) is 2. The number of hydrogen-bond acceptors (Lipinski definition) is 6. The minimum atomic E-state index is -0.280. The number of rotatable bonds is 6. The first kappa shape index (κ1) is 13.9. The normalized spacial score (nSPS) is 11.3. The van der Waals surface area contributed by atoms with E-state index in [1.54, 1.807) is 7.11 Å². The van der Waals surface area contributed by atoms with Crippen LogP contribution in [-0.4, -0.2) is 37.3 Å². The third-order valence-electron chi connectivity index (χ3n) is 2.06. The van der Waals surface area contributed by atoms with Gasteiger partial charge in [-0.05, 0) is 13.8 Å². The summed E-state index contributed by atoms with van der Waals surface area (Å²) in [6.45, 7) is 4.63. The Hall–Kier alpha value is -1.14. The number of nitrogens with zero attached hydrogens (tertiary/aromatic N) is 1. The van der Waals surface area contributed by atoms with Gasteiger partial charge in [-0.3, -0.25) is 4.79 Å².